The smallest absolute Gasteiger partial charge is 0.350 e. The molecule has 14 heteroatoms. The van der Waals surface area contributed by atoms with Gasteiger partial charge in [-0.2, -0.15) is 18.3 Å². The Morgan fingerprint density at radius 3 is 2.46 bits per heavy atom. The van der Waals surface area contributed by atoms with Gasteiger partial charge in [-0.05, 0) is 38.5 Å². The molecular formula is C21H18ClF3N6O4. The number of rotatable bonds is 6. The number of carbonyl (C=O) groups is 2. The van der Waals surface area contributed by atoms with Crippen molar-refractivity contribution in [2.45, 2.75) is 33.0 Å². The Morgan fingerprint density at radius 1 is 1.20 bits per heavy atom. The van der Waals surface area contributed by atoms with E-state index in [1.54, 1.807) is 13.8 Å². The van der Waals surface area contributed by atoms with Crippen LogP contribution in [0.5, 0.6) is 0 Å². The lowest BCUT2D eigenvalue weighted by molar-refractivity contribution is -0.384. The lowest BCUT2D eigenvalue weighted by atomic mass is 10.0. The maximum atomic E-state index is 13.4. The molecule has 0 saturated carbocycles. The first-order valence-corrected chi connectivity index (χ1v) is 10.4. The van der Waals surface area contributed by atoms with Gasteiger partial charge >= 0.3 is 6.18 Å². The molecule has 0 unspecified atom stereocenters. The molecule has 0 aliphatic carbocycles. The second-order valence-electron chi connectivity index (χ2n) is 7.66. The molecule has 3 aromatic rings. The lowest BCUT2D eigenvalue weighted by Crippen LogP contribution is -2.31. The van der Waals surface area contributed by atoms with Crippen LogP contribution in [0.4, 0.5) is 24.5 Å². The zero-order valence-electron chi connectivity index (χ0n) is 18.5. The van der Waals surface area contributed by atoms with Gasteiger partial charge in [0.05, 0.1) is 21.2 Å². The number of carbonyl (C=O) groups excluding carboxylic acids is 2. The van der Waals surface area contributed by atoms with E-state index in [-0.39, 0.29) is 33.7 Å². The number of anilines is 1. The third-order valence-corrected chi connectivity index (χ3v) is 4.90. The summed E-state index contributed by atoms with van der Waals surface area (Å²) in [5.41, 5.74) is -2.57. The number of hydrogen-bond acceptors (Lipinski definition) is 6. The number of nitro groups is 1. The summed E-state index contributed by atoms with van der Waals surface area (Å²) in [6, 6.07) is 5.06. The van der Waals surface area contributed by atoms with Gasteiger partial charge in [0, 0.05) is 30.4 Å². The molecule has 0 radical (unpaired) electrons. The second kappa shape index (κ2) is 9.70. The third kappa shape index (κ3) is 5.57. The highest BCUT2D eigenvalue weighted by atomic mass is 35.5. The number of alkyl halides is 3. The summed E-state index contributed by atoms with van der Waals surface area (Å²) < 4.78 is 40.8. The van der Waals surface area contributed by atoms with Crippen molar-refractivity contribution in [3.63, 3.8) is 0 Å². The molecule has 0 saturated heterocycles. The summed E-state index contributed by atoms with van der Waals surface area (Å²) in [6.07, 6.45) is -3.63. The SMILES string of the molecule is Cc1cc([N+](=O)[O-])cc(C(=O)NC(C)C)c1NC(=O)c1cc(C(F)(F)F)nn1-c1ncccc1Cl. The largest absolute Gasteiger partial charge is 0.435 e. The Hall–Kier alpha value is -4.00. The number of aryl methyl sites for hydroxylation is 1. The zero-order valence-corrected chi connectivity index (χ0v) is 19.2. The van der Waals surface area contributed by atoms with Gasteiger partial charge in [0.15, 0.2) is 11.5 Å². The molecule has 0 aliphatic heterocycles. The molecule has 2 aromatic heterocycles. The van der Waals surface area contributed by atoms with Crippen LogP contribution in [-0.2, 0) is 6.18 Å². The van der Waals surface area contributed by atoms with Crippen molar-refractivity contribution in [3.8, 4) is 5.82 Å². The molecule has 0 atom stereocenters. The minimum atomic E-state index is -4.88. The number of nitrogens with one attached hydrogen (secondary N) is 2. The number of aromatic nitrogens is 3. The fourth-order valence-corrected chi connectivity index (χ4v) is 3.31. The molecule has 0 fully saturated rings. The monoisotopic (exact) mass is 510 g/mol. The van der Waals surface area contributed by atoms with Gasteiger partial charge in [0.2, 0.25) is 0 Å². The third-order valence-electron chi connectivity index (χ3n) is 4.61. The summed E-state index contributed by atoms with van der Waals surface area (Å²) in [5, 5.41) is 19.6. The first-order valence-electron chi connectivity index (χ1n) is 9.99. The Morgan fingerprint density at radius 2 is 1.89 bits per heavy atom. The number of amides is 2. The number of nitrogens with zero attached hydrogens (tertiary/aromatic N) is 4. The van der Waals surface area contributed by atoms with E-state index in [4.69, 9.17) is 11.6 Å². The van der Waals surface area contributed by atoms with E-state index in [1.165, 1.54) is 25.3 Å². The Balaban J connectivity index is 2.13. The second-order valence-corrected chi connectivity index (χ2v) is 8.07. The standard InChI is InChI=1S/C21H18ClF3N6O4/c1-10(2)27-19(32)13-8-12(31(34)35)7-11(3)17(13)28-20(33)15-9-16(21(23,24)25)29-30(15)18-14(22)5-4-6-26-18/h4-10H,1-3H3,(H,27,32)(H,28,33). The number of nitro benzene ring substituents is 1. The lowest BCUT2D eigenvalue weighted by Gasteiger charge is -2.16. The van der Waals surface area contributed by atoms with Gasteiger partial charge in [-0.1, -0.05) is 11.6 Å². The van der Waals surface area contributed by atoms with Crippen molar-refractivity contribution in [2.24, 2.45) is 0 Å². The van der Waals surface area contributed by atoms with Crippen LogP contribution in [0.3, 0.4) is 0 Å². The summed E-state index contributed by atoms with van der Waals surface area (Å²) >= 11 is 6.05. The summed E-state index contributed by atoms with van der Waals surface area (Å²) in [6.45, 7) is 4.73. The first-order chi connectivity index (χ1) is 16.3. The summed E-state index contributed by atoms with van der Waals surface area (Å²) in [5.74, 6) is -2.03. The van der Waals surface area contributed by atoms with E-state index in [1.807, 2.05) is 0 Å². The van der Waals surface area contributed by atoms with Crippen LogP contribution in [0.25, 0.3) is 5.82 Å². The molecule has 0 aliphatic rings. The molecular weight excluding hydrogens is 493 g/mol. The van der Waals surface area contributed by atoms with E-state index in [2.05, 4.69) is 20.7 Å². The van der Waals surface area contributed by atoms with Gasteiger partial charge in [0.25, 0.3) is 17.5 Å². The van der Waals surface area contributed by atoms with E-state index in [0.29, 0.717) is 10.7 Å². The molecule has 3 rings (SSSR count). The zero-order chi connectivity index (χ0) is 26.1. The van der Waals surface area contributed by atoms with E-state index >= 15 is 0 Å². The fraction of sp³-hybridized carbons (Fsp3) is 0.238. The molecule has 2 amide bonds. The van der Waals surface area contributed by atoms with E-state index < -0.39 is 40.0 Å². The molecule has 35 heavy (non-hydrogen) atoms. The van der Waals surface area contributed by atoms with Crippen LogP contribution in [0.2, 0.25) is 5.02 Å². The quantitative estimate of drug-likeness (QED) is 0.369. The maximum Gasteiger partial charge on any atom is 0.435 e. The van der Waals surface area contributed by atoms with Crippen LogP contribution in [0.15, 0.2) is 36.5 Å². The number of halogens is 4. The molecule has 2 N–H and O–H groups in total. The molecule has 184 valence electrons. The average Bonchev–Trinajstić information content (AvgIpc) is 3.20. The first kappa shape index (κ1) is 25.6. The number of benzene rings is 1. The molecule has 0 bridgehead atoms. The predicted octanol–water partition coefficient (Wildman–Crippen LogP) is 4.55. The average molecular weight is 511 g/mol. The minimum absolute atomic E-state index is 0.0677. The van der Waals surface area contributed by atoms with Crippen molar-refractivity contribution >= 4 is 34.8 Å². The molecule has 1 aromatic carbocycles. The fourth-order valence-electron chi connectivity index (χ4n) is 3.11. The Kier molecular flexibility index (Phi) is 7.10. The van der Waals surface area contributed by atoms with Gasteiger partial charge in [0.1, 0.15) is 5.69 Å². The van der Waals surface area contributed by atoms with Gasteiger partial charge in [-0.25, -0.2) is 9.67 Å². The van der Waals surface area contributed by atoms with Crippen LogP contribution >= 0.6 is 11.6 Å². The van der Waals surface area contributed by atoms with Crippen LogP contribution < -0.4 is 10.6 Å². The summed E-state index contributed by atoms with van der Waals surface area (Å²) in [4.78, 5) is 40.3. The van der Waals surface area contributed by atoms with Gasteiger partial charge < -0.3 is 10.6 Å². The topological polar surface area (TPSA) is 132 Å². The number of pyridine rings is 1. The van der Waals surface area contributed by atoms with Crippen molar-refractivity contribution in [1.82, 2.24) is 20.1 Å². The van der Waals surface area contributed by atoms with Crippen molar-refractivity contribution < 1.29 is 27.7 Å². The molecule has 10 nitrogen and oxygen atoms in total. The van der Waals surface area contributed by atoms with E-state index in [0.717, 1.165) is 12.1 Å². The number of hydrogen-bond donors (Lipinski definition) is 2. The van der Waals surface area contributed by atoms with Gasteiger partial charge in [-0.15, -0.1) is 0 Å². The Labute approximate surface area is 201 Å². The number of non-ortho nitro benzene ring substituents is 1. The summed E-state index contributed by atoms with van der Waals surface area (Å²) in [7, 11) is 0. The highest BCUT2D eigenvalue weighted by molar-refractivity contribution is 6.32. The van der Waals surface area contributed by atoms with Crippen molar-refractivity contribution in [2.75, 3.05) is 5.32 Å². The van der Waals surface area contributed by atoms with Crippen molar-refractivity contribution in [3.05, 3.63) is 74.2 Å². The predicted molar refractivity (Wildman–Crippen MR) is 120 cm³/mol. The maximum absolute atomic E-state index is 13.4. The highest BCUT2D eigenvalue weighted by Gasteiger charge is 2.37. The van der Waals surface area contributed by atoms with Crippen LogP contribution in [0.1, 0.15) is 46.0 Å². The van der Waals surface area contributed by atoms with Crippen LogP contribution in [-0.4, -0.2) is 37.5 Å². The Bertz CT molecular complexity index is 1320. The molecule has 0 spiro atoms. The van der Waals surface area contributed by atoms with Gasteiger partial charge in [-0.3, -0.25) is 19.7 Å². The minimum Gasteiger partial charge on any atom is -0.350 e. The highest BCUT2D eigenvalue weighted by Crippen LogP contribution is 2.32. The van der Waals surface area contributed by atoms with Crippen molar-refractivity contribution in [1.29, 1.82) is 0 Å². The van der Waals surface area contributed by atoms with Crippen LogP contribution in [0, 0.1) is 17.0 Å². The molecule has 2 heterocycles. The normalized spacial score (nSPS) is 11.4. The van der Waals surface area contributed by atoms with E-state index in [9.17, 15) is 32.9 Å².